The highest BCUT2D eigenvalue weighted by Crippen LogP contribution is 2.30. The van der Waals surface area contributed by atoms with E-state index in [0.717, 1.165) is 5.69 Å². The van der Waals surface area contributed by atoms with Gasteiger partial charge in [-0.15, -0.1) is 0 Å². The number of carbonyl (C=O) groups is 1. The molecule has 2 aromatic carbocycles. The van der Waals surface area contributed by atoms with Gasteiger partial charge in [0.1, 0.15) is 5.75 Å². The Balaban J connectivity index is 1.71. The Hall–Kier alpha value is -2.83. The van der Waals surface area contributed by atoms with Gasteiger partial charge in [-0.25, -0.2) is 9.97 Å². The van der Waals surface area contributed by atoms with Crippen LogP contribution in [0.2, 0.25) is 10.0 Å². The summed E-state index contributed by atoms with van der Waals surface area (Å²) in [7, 11) is 1.59. The van der Waals surface area contributed by atoms with Crippen LogP contribution in [0.25, 0.3) is 0 Å². The molecule has 1 heterocycles. The lowest BCUT2D eigenvalue weighted by molar-refractivity contribution is 0.102. The molecule has 0 aliphatic carbocycles. The van der Waals surface area contributed by atoms with Crippen LogP contribution in [0, 0.1) is 0 Å². The molecular weight excluding hydrogens is 375 g/mol. The zero-order valence-corrected chi connectivity index (χ0v) is 15.2. The molecule has 8 heteroatoms. The average molecular weight is 389 g/mol. The van der Waals surface area contributed by atoms with Gasteiger partial charge in [-0.2, -0.15) is 0 Å². The molecular formula is C18H14Cl2N4O2. The molecule has 0 atom stereocenters. The number of benzene rings is 2. The number of hydrogen-bond acceptors (Lipinski definition) is 5. The third-order valence-electron chi connectivity index (χ3n) is 3.44. The second kappa shape index (κ2) is 8.03. The van der Waals surface area contributed by atoms with E-state index in [2.05, 4.69) is 20.6 Å². The maximum Gasteiger partial charge on any atom is 0.258 e. The molecule has 2 N–H and O–H groups in total. The molecule has 0 aliphatic rings. The van der Waals surface area contributed by atoms with Gasteiger partial charge in [-0.1, -0.05) is 35.3 Å². The summed E-state index contributed by atoms with van der Waals surface area (Å²) >= 11 is 12.1. The van der Waals surface area contributed by atoms with Crippen molar-refractivity contribution in [3.05, 3.63) is 70.5 Å². The predicted molar refractivity (Wildman–Crippen MR) is 103 cm³/mol. The molecule has 0 fully saturated rings. The highest BCUT2D eigenvalue weighted by molar-refractivity contribution is 6.40. The fourth-order valence-corrected chi connectivity index (χ4v) is 2.63. The van der Waals surface area contributed by atoms with Crippen molar-refractivity contribution in [2.24, 2.45) is 0 Å². The van der Waals surface area contributed by atoms with Gasteiger partial charge in [0, 0.05) is 24.1 Å². The molecule has 0 bridgehead atoms. The molecule has 0 unspecified atom stereocenters. The van der Waals surface area contributed by atoms with Crippen molar-refractivity contribution in [3.63, 3.8) is 0 Å². The van der Waals surface area contributed by atoms with Gasteiger partial charge >= 0.3 is 0 Å². The second-order valence-electron chi connectivity index (χ2n) is 5.20. The van der Waals surface area contributed by atoms with Crippen molar-refractivity contribution in [1.29, 1.82) is 0 Å². The van der Waals surface area contributed by atoms with Gasteiger partial charge in [0.2, 0.25) is 5.95 Å². The number of methoxy groups -OCH3 is 1. The molecule has 0 saturated carbocycles. The number of hydrogen-bond donors (Lipinski definition) is 2. The number of anilines is 3. The van der Waals surface area contributed by atoms with E-state index in [4.69, 9.17) is 27.9 Å². The fourth-order valence-electron chi connectivity index (χ4n) is 2.14. The Bertz CT molecular complexity index is 912. The van der Waals surface area contributed by atoms with Crippen LogP contribution in [0.1, 0.15) is 10.4 Å². The summed E-state index contributed by atoms with van der Waals surface area (Å²) < 4.78 is 5.16. The minimum absolute atomic E-state index is 0.275. The van der Waals surface area contributed by atoms with Gasteiger partial charge in [0.05, 0.1) is 28.4 Å². The number of carbonyl (C=O) groups excluding carboxylic acids is 1. The third-order valence-corrected chi connectivity index (χ3v) is 4.07. The molecule has 0 radical (unpaired) electrons. The van der Waals surface area contributed by atoms with Crippen LogP contribution in [0.15, 0.2) is 54.9 Å². The molecule has 0 aliphatic heterocycles. The summed E-state index contributed by atoms with van der Waals surface area (Å²) in [6.45, 7) is 0. The average Bonchev–Trinajstić information content (AvgIpc) is 2.65. The first kappa shape index (κ1) is 18.0. The van der Waals surface area contributed by atoms with Gasteiger partial charge in [0.15, 0.2) is 0 Å². The zero-order chi connectivity index (χ0) is 18.5. The topological polar surface area (TPSA) is 76.1 Å². The Morgan fingerprint density at radius 1 is 1.04 bits per heavy atom. The fraction of sp³-hybridized carbons (Fsp3) is 0.0556. The number of nitrogens with one attached hydrogen (secondary N) is 2. The Morgan fingerprint density at radius 2 is 1.69 bits per heavy atom. The van der Waals surface area contributed by atoms with Crippen molar-refractivity contribution in [3.8, 4) is 5.75 Å². The van der Waals surface area contributed by atoms with E-state index < -0.39 is 5.91 Å². The maximum atomic E-state index is 12.3. The Morgan fingerprint density at radius 3 is 2.35 bits per heavy atom. The molecule has 0 spiro atoms. The Labute approximate surface area is 160 Å². The van der Waals surface area contributed by atoms with Crippen LogP contribution in [0.3, 0.4) is 0 Å². The smallest absolute Gasteiger partial charge is 0.258 e. The Kier molecular flexibility index (Phi) is 5.55. The first-order chi connectivity index (χ1) is 12.6. The lowest BCUT2D eigenvalue weighted by Crippen LogP contribution is -2.13. The monoisotopic (exact) mass is 388 g/mol. The molecule has 1 aromatic heterocycles. The molecule has 132 valence electrons. The summed E-state index contributed by atoms with van der Waals surface area (Å²) in [6, 6.07) is 12.3. The number of ether oxygens (including phenoxy) is 1. The number of para-hydroxylation sites is 1. The quantitative estimate of drug-likeness (QED) is 0.656. The van der Waals surface area contributed by atoms with Crippen molar-refractivity contribution in [2.75, 3.05) is 17.7 Å². The maximum absolute atomic E-state index is 12.3. The largest absolute Gasteiger partial charge is 0.497 e. The van der Waals surface area contributed by atoms with Crippen LogP contribution in [-0.4, -0.2) is 23.0 Å². The summed E-state index contributed by atoms with van der Waals surface area (Å²) in [5, 5.41) is 6.40. The number of amides is 1. The molecule has 6 nitrogen and oxygen atoms in total. The van der Waals surface area contributed by atoms with Crippen molar-refractivity contribution in [1.82, 2.24) is 9.97 Å². The van der Waals surface area contributed by atoms with Gasteiger partial charge in [-0.05, 0) is 24.3 Å². The lowest BCUT2D eigenvalue weighted by atomic mass is 10.2. The van der Waals surface area contributed by atoms with E-state index in [1.165, 1.54) is 12.4 Å². The van der Waals surface area contributed by atoms with Gasteiger partial charge in [-0.3, -0.25) is 4.79 Å². The second-order valence-corrected chi connectivity index (χ2v) is 6.02. The molecule has 0 saturated heterocycles. The van der Waals surface area contributed by atoms with E-state index >= 15 is 0 Å². The summed E-state index contributed by atoms with van der Waals surface area (Å²) in [5.74, 6) is 0.654. The van der Waals surface area contributed by atoms with E-state index in [0.29, 0.717) is 27.4 Å². The van der Waals surface area contributed by atoms with Crippen LogP contribution in [0.4, 0.5) is 17.3 Å². The van der Waals surface area contributed by atoms with Crippen molar-refractivity contribution >= 4 is 46.4 Å². The molecule has 3 rings (SSSR count). The number of aromatic nitrogens is 2. The van der Waals surface area contributed by atoms with E-state index in [1.54, 1.807) is 25.3 Å². The summed E-state index contributed by atoms with van der Waals surface area (Å²) in [6.07, 6.45) is 2.82. The predicted octanol–water partition coefficient (Wildman–Crippen LogP) is 4.79. The number of halogens is 2. The summed E-state index contributed by atoms with van der Waals surface area (Å²) in [5.41, 5.74) is 1.39. The van der Waals surface area contributed by atoms with E-state index in [9.17, 15) is 4.79 Å². The van der Waals surface area contributed by atoms with Crippen molar-refractivity contribution in [2.45, 2.75) is 0 Å². The third kappa shape index (κ3) is 4.22. The highest BCUT2D eigenvalue weighted by atomic mass is 35.5. The number of rotatable bonds is 5. The summed E-state index contributed by atoms with van der Waals surface area (Å²) in [4.78, 5) is 20.6. The highest BCUT2D eigenvalue weighted by Gasteiger charge is 2.12. The minimum atomic E-state index is -0.409. The zero-order valence-electron chi connectivity index (χ0n) is 13.7. The van der Waals surface area contributed by atoms with Crippen LogP contribution in [-0.2, 0) is 0 Å². The normalized spacial score (nSPS) is 10.3. The van der Waals surface area contributed by atoms with Crippen molar-refractivity contribution < 1.29 is 9.53 Å². The molecule has 26 heavy (non-hydrogen) atoms. The van der Waals surface area contributed by atoms with E-state index in [1.807, 2.05) is 24.3 Å². The SMILES string of the molecule is COc1cccc(Nc2ncc(C(=O)Nc3c(Cl)cccc3Cl)cn2)c1. The van der Waals surface area contributed by atoms with Gasteiger partial charge < -0.3 is 15.4 Å². The van der Waals surface area contributed by atoms with Crippen LogP contribution < -0.4 is 15.4 Å². The van der Waals surface area contributed by atoms with Crippen LogP contribution >= 0.6 is 23.2 Å². The standard InChI is InChI=1S/C18H14Cl2N4O2/c1-26-13-5-2-4-12(8-13)23-18-21-9-11(10-22-18)17(25)24-16-14(19)6-3-7-15(16)20/h2-10H,1H3,(H,24,25)(H,21,22,23). The van der Waals surface area contributed by atoms with Gasteiger partial charge in [0.25, 0.3) is 5.91 Å². The first-order valence-corrected chi connectivity index (χ1v) is 8.31. The molecule has 3 aromatic rings. The minimum Gasteiger partial charge on any atom is -0.497 e. The molecule has 1 amide bonds. The lowest BCUT2D eigenvalue weighted by Gasteiger charge is -2.09. The number of nitrogens with zero attached hydrogens (tertiary/aromatic N) is 2. The van der Waals surface area contributed by atoms with E-state index in [-0.39, 0.29) is 5.56 Å². The first-order valence-electron chi connectivity index (χ1n) is 7.55. The van der Waals surface area contributed by atoms with Crippen LogP contribution in [0.5, 0.6) is 5.75 Å².